The standard InChI is InChI=1S/C20H28FN5O/c1-24(11-5-15-26-14-4-10-23-26)20(27)22-16-19(25-12-2-3-13-25)17-6-8-18(21)9-7-17/h4,6-10,14,19H,2-3,5,11-13,15-16H2,1H3,(H,22,27)/t19-/m1/s1. The number of hydrogen-bond acceptors (Lipinski definition) is 3. The van der Waals surface area contributed by atoms with E-state index in [0.717, 1.165) is 31.6 Å². The van der Waals surface area contributed by atoms with Crippen LogP contribution in [0.3, 0.4) is 0 Å². The third-order valence-corrected chi connectivity index (χ3v) is 5.07. The lowest BCUT2D eigenvalue weighted by atomic mass is 10.1. The van der Waals surface area contributed by atoms with Crippen molar-refractivity contribution < 1.29 is 9.18 Å². The van der Waals surface area contributed by atoms with Crippen LogP contribution in [0, 0.1) is 5.82 Å². The number of rotatable bonds is 8. The summed E-state index contributed by atoms with van der Waals surface area (Å²) >= 11 is 0. The number of halogens is 1. The van der Waals surface area contributed by atoms with Gasteiger partial charge in [0.15, 0.2) is 0 Å². The predicted molar refractivity (Wildman–Crippen MR) is 103 cm³/mol. The molecule has 2 heterocycles. The van der Waals surface area contributed by atoms with Crippen LogP contribution in [0.1, 0.15) is 30.9 Å². The molecule has 1 saturated heterocycles. The molecule has 0 saturated carbocycles. The lowest BCUT2D eigenvalue weighted by molar-refractivity contribution is 0.195. The molecule has 0 aliphatic carbocycles. The molecule has 1 N–H and O–H groups in total. The highest BCUT2D eigenvalue weighted by Gasteiger charge is 2.24. The van der Waals surface area contributed by atoms with Crippen LogP contribution < -0.4 is 5.32 Å². The zero-order chi connectivity index (χ0) is 19.1. The zero-order valence-corrected chi connectivity index (χ0v) is 15.9. The van der Waals surface area contributed by atoms with Crippen molar-refractivity contribution in [3.63, 3.8) is 0 Å². The van der Waals surface area contributed by atoms with Crippen molar-refractivity contribution in [3.8, 4) is 0 Å². The molecule has 1 aromatic heterocycles. The van der Waals surface area contributed by atoms with Crippen molar-refractivity contribution in [2.45, 2.75) is 31.8 Å². The number of benzene rings is 1. The summed E-state index contributed by atoms with van der Waals surface area (Å²) in [6.45, 7) is 4.00. The second kappa shape index (κ2) is 9.50. The number of carbonyl (C=O) groups is 1. The van der Waals surface area contributed by atoms with Gasteiger partial charge in [0.25, 0.3) is 0 Å². The van der Waals surface area contributed by atoms with E-state index in [0.29, 0.717) is 13.1 Å². The molecule has 0 radical (unpaired) electrons. The van der Waals surface area contributed by atoms with Crippen molar-refractivity contribution in [1.82, 2.24) is 24.9 Å². The van der Waals surface area contributed by atoms with Crippen LogP contribution in [-0.4, -0.2) is 58.8 Å². The highest BCUT2D eigenvalue weighted by atomic mass is 19.1. The molecule has 0 bridgehead atoms. The summed E-state index contributed by atoms with van der Waals surface area (Å²) in [6, 6.07) is 8.50. The van der Waals surface area contributed by atoms with Crippen LogP contribution in [0.5, 0.6) is 0 Å². The van der Waals surface area contributed by atoms with Crippen LogP contribution in [0.15, 0.2) is 42.7 Å². The van der Waals surface area contributed by atoms with Gasteiger partial charge in [-0.15, -0.1) is 0 Å². The summed E-state index contributed by atoms with van der Waals surface area (Å²) in [7, 11) is 1.81. The fraction of sp³-hybridized carbons (Fsp3) is 0.500. The molecule has 2 aromatic rings. The lowest BCUT2D eigenvalue weighted by Crippen LogP contribution is -2.42. The average Bonchev–Trinajstić information content (AvgIpc) is 3.37. The second-order valence-corrected chi connectivity index (χ2v) is 7.04. The topological polar surface area (TPSA) is 53.4 Å². The van der Waals surface area contributed by atoms with Gasteiger partial charge < -0.3 is 10.2 Å². The maximum atomic E-state index is 13.3. The summed E-state index contributed by atoms with van der Waals surface area (Å²) in [5.74, 6) is -0.236. The SMILES string of the molecule is CN(CCCn1cccn1)C(=O)NC[C@H](c1ccc(F)cc1)N1CCCC1. The molecular weight excluding hydrogens is 345 g/mol. The van der Waals surface area contributed by atoms with E-state index >= 15 is 0 Å². The van der Waals surface area contributed by atoms with Gasteiger partial charge in [0.2, 0.25) is 0 Å². The molecule has 1 aliphatic heterocycles. The molecule has 1 aromatic carbocycles. The number of likely N-dealkylation sites (tertiary alicyclic amines) is 1. The number of aryl methyl sites for hydroxylation is 1. The van der Waals surface area contributed by atoms with E-state index in [2.05, 4.69) is 15.3 Å². The molecule has 6 nitrogen and oxygen atoms in total. The highest BCUT2D eigenvalue weighted by Crippen LogP contribution is 2.24. The molecule has 2 amide bonds. The minimum Gasteiger partial charge on any atom is -0.336 e. The van der Waals surface area contributed by atoms with Crippen LogP contribution >= 0.6 is 0 Å². The first kappa shape index (κ1) is 19.4. The molecule has 1 aliphatic rings. The molecule has 0 unspecified atom stereocenters. The fourth-order valence-electron chi connectivity index (χ4n) is 3.52. The number of urea groups is 1. The lowest BCUT2D eigenvalue weighted by Gasteiger charge is -2.29. The van der Waals surface area contributed by atoms with Gasteiger partial charge >= 0.3 is 6.03 Å². The first-order chi connectivity index (χ1) is 13.1. The predicted octanol–water partition coefficient (Wildman–Crippen LogP) is 2.89. The Hall–Kier alpha value is -2.41. The van der Waals surface area contributed by atoms with Gasteiger partial charge in [0, 0.05) is 39.1 Å². The van der Waals surface area contributed by atoms with Gasteiger partial charge in [0.05, 0.1) is 6.04 Å². The Morgan fingerprint density at radius 1 is 1.30 bits per heavy atom. The van der Waals surface area contributed by atoms with Crippen LogP contribution in [-0.2, 0) is 6.54 Å². The van der Waals surface area contributed by atoms with E-state index in [1.54, 1.807) is 18.1 Å². The van der Waals surface area contributed by atoms with Crippen molar-refractivity contribution in [1.29, 1.82) is 0 Å². The molecule has 27 heavy (non-hydrogen) atoms. The minimum atomic E-state index is -0.236. The number of nitrogens with one attached hydrogen (secondary N) is 1. The van der Waals surface area contributed by atoms with Gasteiger partial charge in [-0.1, -0.05) is 12.1 Å². The number of amides is 2. The molecular formula is C20H28FN5O. The van der Waals surface area contributed by atoms with E-state index in [1.807, 2.05) is 29.1 Å². The molecule has 7 heteroatoms. The largest absolute Gasteiger partial charge is 0.336 e. The Bertz CT molecular complexity index is 698. The number of hydrogen-bond donors (Lipinski definition) is 1. The van der Waals surface area contributed by atoms with E-state index in [1.165, 1.54) is 25.0 Å². The van der Waals surface area contributed by atoms with Gasteiger partial charge in [-0.3, -0.25) is 9.58 Å². The quantitative estimate of drug-likeness (QED) is 0.774. The average molecular weight is 373 g/mol. The van der Waals surface area contributed by atoms with Crippen LogP contribution in [0.4, 0.5) is 9.18 Å². The van der Waals surface area contributed by atoms with E-state index in [-0.39, 0.29) is 17.9 Å². The van der Waals surface area contributed by atoms with Crippen molar-refractivity contribution in [2.24, 2.45) is 0 Å². The number of carbonyl (C=O) groups excluding carboxylic acids is 1. The Labute approximate surface area is 160 Å². The molecule has 1 atom stereocenters. The minimum absolute atomic E-state index is 0.0783. The third-order valence-electron chi connectivity index (χ3n) is 5.07. The Balaban J connectivity index is 1.51. The molecule has 0 spiro atoms. The number of aromatic nitrogens is 2. The van der Waals surface area contributed by atoms with Crippen LogP contribution in [0.25, 0.3) is 0 Å². The normalized spacial score (nSPS) is 15.6. The van der Waals surface area contributed by atoms with Crippen molar-refractivity contribution in [3.05, 3.63) is 54.1 Å². The first-order valence-corrected chi connectivity index (χ1v) is 9.59. The van der Waals surface area contributed by atoms with E-state index in [9.17, 15) is 9.18 Å². The molecule has 146 valence electrons. The van der Waals surface area contributed by atoms with Crippen molar-refractivity contribution in [2.75, 3.05) is 33.2 Å². The Morgan fingerprint density at radius 3 is 2.70 bits per heavy atom. The highest BCUT2D eigenvalue weighted by molar-refractivity contribution is 5.73. The van der Waals surface area contributed by atoms with E-state index in [4.69, 9.17) is 0 Å². The van der Waals surface area contributed by atoms with Gasteiger partial charge in [-0.25, -0.2) is 9.18 Å². The zero-order valence-electron chi connectivity index (χ0n) is 15.9. The smallest absolute Gasteiger partial charge is 0.317 e. The van der Waals surface area contributed by atoms with Crippen LogP contribution in [0.2, 0.25) is 0 Å². The van der Waals surface area contributed by atoms with Gasteiger partial charge in [-0.2, -0.15) is 5.10 Å². The Kier molecular flexibility index (Phi) is 6.81. The summed E-state index contributed by atoms with van der Waals surface area (Å²) in [4.78, 5) is 16.5. The summed E-state index contributed by atoms with van der Waals surface area (Å²) in [6.07, 6.45) is 6.85. The number of nitrogens with zero attached hydrogens (tertiary/aromatic N) is 4. The van der Waals surface area contributed by atoms with E-state index < -0.39 is 0 Å². The first-order valence-electron chi connectivity index (χ1n) is 9.59. The summed E-state index contributed by atoms with van der Waals surface area (Å²) in [5, 5.41) is 7.21. The third kappa shape index (κ3) is 5.53. The maximum Gasteiger partial charge on any atom is 0.317 e. The molecule has 3 rings (SSSR count). The van der Waals surface area contributed by atoms with Gasteiger partial charge in [-0.05, 0) is 56.1 Å². The monoisotopic (exact) mass is 373 g/mol. The second-order valence-electron chi connectivity index (χ2n) is 7.04. The Morgan fingerprint density at radius 2 is 2.04 bits per heavy atom. The molecule has 1 fully saturated rings. The van der Waals surface area contributed by atoms with Gasteiger partial charge in [0.1, 0.15) is 5.82 Å². The summed E-state index contributed by atoms with van der Waals surface area (Å²) < 4.78 is 15.1. The maximum absolute atomic E-state index is 13.3. The fourth-order valence-corrected chi connectivity index (χ4v) is 3.52. The summed E-state index contributed by atoms with van der Waals surface area (Å²) in [5.41, 5.74) is 1.04. The van der Waals surface area contributed by atoms with Crippen molar-refractivity contribution >= 4 is 6.03 Å².